The number of piperidine rings is 2. The zero-order chi connectivity index (χ0) is 37.6. The molecule has 4 aliphatic rings. The van der Waals surface area contributed by atoms with Crippen molar-refractivity contribution in [3.8, 4) is 11.4 Å². The average Bonchev–Trinajstić information content (AvgIpc) is 3.92. The van der Waals surface area contributed by atoms with Gasteiger partial charge in [0.2, 0.25) is 11.8 Å². The van der Waals surface area contributed by atoms with Gasteiger partial charge in [-0.3, -0.25) is 29.4 Å². The molecule has 55 heavy (non-hydrogen) atoms. The number of aromatic nitrogens is 4. The largest absolute Gasteiger partial charge is 0.385 e. The minimum Gasteiger partial charge on any atom is -0.385 e. The molecule has 0 spiro atoms. The van der Waals surface area contributed by atoms with E-state index in [2.05, 4.69) is 25.4 Å². The molecule has 0 saturated carbocycles. The fourth-order valence-corrected chi connectivity index (χ4v) is 8.49. The van der Waals surface area contributed by atoms with E-state index < -0.39 is 29.7 Å². The van der Waals surface area contributed by atoms with Crippen molar-refractivity contribution in [3.63, 3.8) is 0 Å². The maximum absolute atomic E-state index is 14.1. The summed E-state index contributed by atoms with van der Waals surface area (Å²) in [6, 6.07) is 21.0. The Kier molecular flexibility index (Phi) is 8.95. The van der Waals surface area contributed by atoms with Gasteiger partial charge < -0.3 is 15.1 Å². The Hall–Kier alpha value is -6.18. The number of hydrogen-bond acceptors (Lipinski definition) is 10. The van der Waals surface area contributed by atoms with Gasteiger partial charge in [-0.15, -0.1) is 5.10 Å². The maximum Gasteiger partial charge on any atom is 0.262 e. The Morgan fingerprint density at radius 3 is 2.49 bits per heavy atom. The Balaban J connectivity index is 0.814. The van der Waals surface area contributed by atoms with E-state index in [4.69, 9.17) is 10.1 Å². The van der Waals surface area contributed by atoms with Gasteiger partial charge in [0.05, 0.1) is 29.1 Å². The van der Waals surface area contributed by atoms with E-state index in [0.717, 1.165) is 96.6 Å². The topological polar surface area (TPSA) is 145 Å². The lowest BCUT2D eigenvalue weighted by molar-refractivity contribution is -0.136. The van der Waals surface area contributed by atoms with Crippen LogP contribution in [0.15, 0.2) is 79.0 Å². The lowest BCUT2D eigenvalue weighted by Gasteiger charge is -2.33. The van der Waals surface area contributed by atoms with Crippen LogP contribution in [-0.2, 0) is 9.59 Å². The van der Waals surface area contributed by atoms with Crippen molar-refractivity contribution in [2.75, 3.05) is 41.3 Å². The third-order valence-electron chi connectivity index (χ3n) is 11.4. The highest BCUT2D eigenvalue weighted by molar-refractivity contribution is 6.23. The molecule has 9 rings (SSSR count). The molecule has 3 fully saturated rings. The molecule has 13 nitrogen and oxygen atoms in total. The second-order valence-electron chi connectivity index (χ2n) is 14.7. The molecule has 14 heteroatoms. The zero-order valence-electron chi connectivity index (χ0n) is 30.2. The summed E-state index contributed by atoms with van der Waals surface area (Å²) in [4.78, 5) is 65.5. The predicted octanol–water partition coefficient (Wildman–Crippen LogP) is 5.39. The van der Waals surface area contributed by atoms with Gasteiger partial charge in [0.25, 0.3) is 11.8 Å². The van der Waals surface area contributed by atoms with Crippen molar-refractivity contribution in [1.82, 2.24) is 29.8 Å². The second-order valence-corrected chi connectivity index (χ2v) is 14.7. The molecule has 2 atom stereocenters. The molecule has 3 aromatic heterocycles. The van der Waals surface area contributed by atoms with E-state index in [1.807, 2.05) is 47.1 Å². The summed E-state index contributed by atoms with van der Waals surface area (Å²) >= 11 is 0. The van der Waals surface area contributed by atoms with Crippen LogP contribution in [0.4, 0.5) is 21.7 Å². The third-order valence-corrected chi connectivity index (χ3v) is 11.4. The van der Waals surface area contributed by atoms with Gasteiger partial charge >= 0.3 is 0 Å². The van der Waals surface area contributed by atoms with Gasteiger partial charge in [0, 0.05) is 38.3 Å². The number of rotatable bonds is 9. The van der Waals surface area contributed by atoms with Crippen molar-refractivity contribution < 1.29 is 23.6 Å². The lowest BCUT2D eigenvalue weighted by Crippen LogP contribution is -2.54. The van der Waals surface area contributed by atoms with Gasteiger partial charge in [0.15, 0.2) is 5.65 Å². The number of nitrogens with one attached hydrogen (secondary N) is 2. The second kappa shape index (κ2) is 14.2. The first-order valence-electron chi connectivity index (χ1n) is 19.0. The summed E-state index contributed by atoms with van der Waals surface area (Å²) in [7, 11) is 0. The van der Waals surface area contributed by atoms with Crippen LogP contribution < -0.4 is 20.4 Å². The van der Waals surface area contributed by atoms with Crippen LogP contribution in [0.1, 0.15) is 77.3 Å². The Morgan fingerprint density at radius 1 is 0.818 bits per heavy atom. The Labute approximate surface area is 316 Å². The van der Waals surface area contributed by atoms with Crippen molar-refractivity contribution in [1.29, 1.82) is 0 Å². The van der Waals surface area contributed by atoms with Gasteiger partial charge in [-0.1, -0.05) is 18.2 Å². The van der Waals surface area contributed by atoms with E-state index in [1.54, 1.807) is 30.3 Å². The molecule has 3 saturated heterocycles. The van der Waals surface area contributed by atoms with Crippen LogP contribution in [0.5, 0.6) is 0 Å². The SMILES string of the molecule is O=C1CCC(N2C(=O)c3ccc(NCCC4CCN(c5cccc(-c6cnc7ccc(N8CCC[C@@H]8c8cccc(F)c8)nn67)n5)CC4)cc3C2=O)C(=O)N1. The minimum atomic E-state index is -0.982. The molecule has 280 valence electrons. The first-order chi connectivity index (χ1) is 26.8. The summed E-state index contributed by atoms with van der Waals surface area (Å²) in [5.41, 5.74) is 4.56. The molecule has 5 aromatic rings. The summed E-state index contributed by atoms with van der Waals surface area (Å²) < 4.78 is 15.9. The van der Waals surface area contributed by atoms with Gasteiger partial charge in [-0.25, -0.2) is 18.9 Å². The zero-order valence-corrected chi connectivity index (χ0v) is 30.2. The molecule has 0 aliphatic carbocycles. The highest BCUT2D eigenvalue weighted by atomic mass is 19.1. The number of nitrogens with zero attached hydrogens (tertiary/aromatic N) is 7. The molecule has 2 aromatic carbocycles. The molecule has 1 unspecified atom stereocenters. The standard InChI is InChI=1S/C41H40FN9O4/c42-27-5-1-4-26(22-27)32-7-3-19-49(32)37-13-12-35-44-24-34(51(35)47-37)31-6-2-8-36(45-31)48-20-16-25(17-21-48)15-18-43-28-9-10-29-30(23-28)41(55)50(40(29)54)33-11-14-38(52)46-39(33)53/h1-2,4-6,8-10,12-13,22-25,32-33,43H,3,7,11,14-21H2,(H,46,52,53)/t32-,33?/m1/s1. The third kappa shape index (κ3) is 6.55. The summed E-state index contributed by atoms with van der Waals surface area (Å²) in [5.74, 6) is -0.0212. The van der Waals surface area contributed by atoms with Gasteiger partial charge in [0.1, 0.15) is 29.2 Å². The molecule has 0 radical (unpaired) electrons. The normalized spacial score (nSPS) is 20.4. The number of halogens is 1. The highest BCUT2D eigenvalue weighted by Crippen LogP contribution is 2.36. The Bertz CT molecular complexity index is 2340. The fourth-order valence-electron chi connectivity index (χ4n) is 8.49. The molecule has 7 heterocycles. The van der Waals surface area contributed by atoms with Crippen LogP contribution in [0.3, 0.4) is 0 Å². The van der Waals surface area contributed by atoms with Crippen molar-refractivity contribution in [3.05, 3.63) is 102 Å². The van der Waals surface area contributed by atoms with Crippen molar-refractivity contribution in [2.24, 2.45) is 5.92 Å². The van der Waals surface area contributed by atoms with Crippen LogP contribution in [-0.4, -0.2) is 80.3 Å². The van der Waals surface area contributed by atoms with Crippen molar-refractivity contribution in [2.45, 2.75) is 57.0 Å². The number of benzene rings is 2. The van der Waals surface area contributed by atoms with E-state index in [9.17, 15) is 23.6 Å². The molecule has 2 N–H and O–H groups in total. The number of anilines is 3. The number of imidazole rings is 1. The predicted molar refractivity (Wildman–Crippen MR) is 203 cm³/mol. The van der Waals surface area contributed by atoms with E-state index in [0.29, 0.717) is 12.5 Å². The monoisotopic (exact) mass is 741 g/mol. The quantitative estimate of drug-likeness (QED) is 0.189. The average molecular weight is 742 g/mol. The van der Waals surface area contributed by atoms with E-state index >= 15 is 0 Å². The van der Waals surface area contributed by atoms with E-state index in [-0.39, 0.29) is 35.8 Å². The minimum absolute atomic E-state index is 0.0596. The highest BCUT2D eigenvalue weighted by Gasteiger charge is 2.44. The number of carbonyl (C=O) groups excluding carboxylic acids is 4. The van der Waals surface area contributed by atoms with Gasteiger partial charge in [-0.2, -0.15) is 0 Å². The van der Waals surface area contributed by atoms with Crippen molar-refractivity contribution >= 4 is 46.6 Å². The summed E-state index contributed by atoms with van der Waals surface area (Å²) in [6.45, 7) is 3.30. The molecule has 0 bridgehead atoms. The molecular formula is C41H40FN9O4. The number of fused-ring (bicyclic) bond motifs is 2. The van der Waals surface area contributed by atoms with E-state index in [1.165, 1.54) is 6.07 Å². The fraction of sp³-hybridized carbons (Fsp3) is 0.341. The number of pyridine rings is 1. The smallest absolute Gasteiger partial charge is 0.262 e. The van der Waals surface area contributed by atoms with Crippen LogP contribution >= 0.6 is 0 Å². The summed E-state index contributed by atoms with van der Waals surface area (Å²) in [6.07, 6.45) is 6.93. The lowest BCUT2D eigenvalue weighted by atomic mass is 9.93. The van der Waals surface area contributed by atoms with Crippen LogP contribution in [0.25, 0.3) is 17.0 Å². The van der Waals surface area contributed by atoms with Gasteiger partial charge in [-0.05, 0) is 105 Å². The first kappa shape index (κ1) is 34.6. The number of imide groups is 2. The number of amides is 4. The molecule has 4 amide bonds. The number of carbonyl (C=O) groups is 4. The maximum atomic E-state index is 14.1. The number of hydrogen-bond donors (Lipinski definition) is 2. The Morgan fingerprint density at radius 2 is 1.65 bits per heavy atom. The van der Waals surface area contributed by atoms with Crippen LogP contribution in [0.2, 0.25) is 0 Å². The summed E-state index contributed by atoms with van der Waals surface area (Å²) in [5, 5.41) is 10.7. The molecular weight excluding hydrogens is 702 g/mol. The first-order valence-corrected chi connectivity index (χ1v) is 19.0. The molecule has 4 aliphatic heterocycles. The van der Waals surface area contributed by atoms with Crippen LogP contribution in [0, 0.1) is 11.7 Å².